The van der Waals surface area contributed by atoms with E-state index in [1.807, 2.05) is 25.8 Å². The van der Waals surface area contributed by atoms with Gasteiger partial charge in [-0.25, -0.2) is 0 Å². The summed E-state index contributed by atoms with van der Waals surface area (Å²) in [7, 11) is 1.93. The predicted octanol–water partition coefficient (Wildman–Crippen LogP) is 1.16. The number of nitrogens with zero attached hydrogens (tertiary/aromatic N) is 2. The summed E-state index contributed by atoms with van der Waals surface area (Å²) >= 11 is 1.21. The number of aryl methyl sites for hydroxylation is 1. The summed E-state index contributed by atoms with van der Waals surface area (Å²) in [5.41, 5.74) is 0.908. The van der Waals surface area contributed by atoms with Crippen molar-refractivity contribution in [3.63, 3.8) is 0 Å². The van der Waals surface area contributed by atoms with Crippen molar-refractivity contribution in [1.29, 1.82) is 0 Å². The van der Waals surface area contributed by atoms with Gasteiger partial charge in [0.15, 0.2) is 0 Å². The Morgan fingerprint density at radius 3 is 2.70 bits per heavy atom. The van der Waals surface area contributed by atoms with Gasteiger partial charge < -0.3 is 10.2 Å². The molecule has 1 aromatic rings. The highest BCUT2D eigenvalue weighted by atomic mass is 35.5. The van der Waals surface area contributed by atoms with E-state index in [2.05, 4.69) is 5.32 Å². The van der Waals surface area contributed by atoms with Crippen LogP contribution in [0.5, 0.6) is 0 Å². The van der Waals surface area contributed by atoms with Crippen LogP contribution in [-0.2, 0) is 11.3 Å². The maximum absolute atomic E-state index is 12.3. The highest BCUT2D eigenvalue weighted by Crippen LogP contribution is 2.13. The van der Waals surface area contributed by atoms with Crippen LogP contribution in [0.1, 0.15) is 23.4 Å². The lowest BCUT2D eigenvalue weighted by molar-refractivity contribution is -0.133. The van der Waals surface area contributed by atoms with Gasteiger partial charge in [-0.3, -0.25) is 14.2 Å². The van der Waals surface area contributed by atoms with Crippen LogP contribution in [0, 0.1) is 13.8 Å². The average molecular weight is 320 g/mol. The van der Waals surface area contributed by atoms with Crippen LogP contribution < -0.4 is 10.2 Å². The van der Waals surface area contributed by atoms with E-state index in [1.54, 1.807) is 4.57 Å². The van der Waals surface area contributed by atoms with Gasteiger partial charge in [0.25, 0.3) is 0 Å². The van der Waals surface area contributed by atoms with E-state index in [9.17, 15) is 9.59 Å². The largest absolute Gasteiger partial charge is 0.340 e. The van der Waals surface area contributed by atoms with Crippen LogP contribution in [0.2, 0.25) is 0 Å². The van der Waals surface area contributed by atoms with E-state index in [-0.39, 0.29) is 29.7 Å². The number of aromatic nitrogens is 1. The lowest BCUT2D eigenvalue weighted by atomic mass is 10.1. The van der Waals surface area contributed by atoms with E-state index >= 15 is 0 Å². The highest BCUT2D eigenvalue weighted by molar-refractivity contribution is 7.09. The molecule has 1 aromatic heterocycles. The van der Waals surface area contributed by atoms with Gasteiger partial charge in [-0.1, -0.05) is 11.3 Å². The predicted molar refractivity (Wildman–Crippen MR) is 84.0 cm³/mol. The molecule has 114 valence electrons. The van der Waals surface area contributed by atoms with Crippen molar-refractivity contribution in [2.24, 2.45) is 0 Å². The van der Waals surface area contributed by atoms with Crippen LogP contribution >= 0.6 is 23.7 Å². The van der Waals surface area contributed by atoms with Crippen molar-refractivity contribution in [3.05, 3.63) is 20.2 Å². The van der Waals surface area contributed by atoms with Gasteiger partial charge in [-0.05, 0) is 33.7 Å². The van der Waals surface area contributed by atoms with E-state index in [0.29, 0.717) is 6.04 Å². The van der Waals surface area contributed by atoms with Gasteiger partial charge in [-0.15, -0.1) is 12.4 Å². The number of hydrogen-bond acceptors (Lipinski definition) is 4. The molecular weight excluding hydrogens is 298 g/mol. The summed E-state index contributed by atoms with van der Waals surface area (Å²) in [4.78, 5) is 26.9. The zero-order valence-electron chi connectivity index (χ0n) is 12.1. The van der Waals surface area contributed by atoms with E-state index in [4.69, 9.17) is 0 Å². The van der Waals surface area contributed by atoms with E-state index in [1.165, 1.54) is 11.3 Å². The molecule has 1 unspecified atom stereocenters. The second kappa shape index (κ2) is 7.24. The molecule has 1 amide bonds. The van der Waals surface area contributed by atoms with Crippen LogP contribution in [0.15, 0.2) is 4.79 Å². The summed E-state index contributed by atoms with van der Waals surface area (Å²) in [6.45, 7) is 5.53. The lowest BCUT2D eigenvalue weighted by Gasteiger charge is -2.32. The second-order valence-corrected chi connectivity index (χ2v) is 6.23. The topological polar surface area (TPSA) is 54.3 Å². The third kappa shape index (κ3) is 3.62. The maximum Gasteiger partial charge on any atom is 0.308 e. The van der Waals surface area contributed by atoms with Crippen molar-refractivity contribution >= 4 is 29.7 Å². The molecule has 0 radical (unpaired) electrons. The van der Waals surface area contributed by atoms with E-state index < -0.39 is 0 Å². The van der Waals surface area contributed by atoms with Gasteiger partial charge in [0, 0.05) is 29.7 Å². The van der Waals surface area contributed by atoms with Crippen molar-refractivity contribution < 1.29 is 4.79 Å². The normalized spacial score (nSPS) is 18.8. The number of amides is 1. The number of thiazole rings is 1. The molecule has 1 fully saturated rings. The van der Waals surface area contributed by atoms with Crippen LogP contribution in [0.4, 0.5) is 0 Å². The Bertz CT molecular complexity index is 526. The second-order valence-electron chi connectivity index (χ2n) is 5.06. The first kappa shape index (κ1) is 17.2. The van der Waals surface area contributed by atoms with Crippen molar-refractivity contribution in [2.75, 3.05) is 20.1 Å². The molecule has 2 heterocycles. The third-order valence-electron chi connectivity index (χ3n) is 3.85. The molecule has 0 aliphatic carbocycles. The lowest BCUT2D eigenvalue weighted by Crippen LogP contribution is -2.48. The number of carbonyl (C=O) groups excluding carboxylic acids is 1. The highest BCUT2D eigenvalue weighted by Gasteiger charge is 2.23. The smallest absolute Gasteiger partial charge is 0.308 e. The number of piperidine rings is 1. The molecule has 1 saturated heterocycles. The number of rotatable bonds is 3. The fraction of sp³-hybridized carbons (Fsp3) is 0.692. The van der Waals surface area contributed by atoms with Crippen LogP contribution in [0.25, 0.3) is 0 Å². The molecule has 5 nitrogen and oxygen atoms in total. The molecular formula is C13H22ClN3O2S. The molecule has 7 heteroatoms. The van der Waals surface area contributed by atoms with Gasteiger partial charge in [0.1, 0.15) is 6.54 Å². The Kier molecular flexibility index (Phi) is 6.23. The molecule has 1 N–H and O–H groups in total. The molecule has 1 atom stereocenters. The molecule has 1 aliphatic heterocycles. The molecule has 20 heavy (non-hydrogen) atoms. The van der Waals surface area contributed by atoms with Gasteiger partial charge in [0.2, 0.25) is 5.91 Å². The van der Waals surface area contributed by atoms with E-state index in [0.717, 1.165) is 36.5 Å². The summed E-state index contributed by atoms with van der Waals surface area (Å²) in [5.74, 6) is 0.0444. The first-order chi connectivity index (χ1) is 9.02. The number of carbonyl (C=O) groups is 1. The Labute approximate surface area is 129 Å². The Morgan fingerprint density at radius 2 is 2.15 bits per heavy atom. The minimum atomic E-state index is -0.0366. The van der Waals surface area contributed by atoms with Gasteiger partial charge in [-0.2, -0.15) is 0 Å². The fourth-order valence-electron chi connectivity index (χ4n) is 2.44. The Balaban J connectivity index is 0.00000200. The maximum atomic E-state index is 12.3. The van der Waals surface area contributed by atoms with Gasteiger partial charge in [0.05, 0.1) is 0 Å². The number of likely N-dealkylation sites (tertiary alicyclic amines) is 1. The summed E-state index contributed by atoms with van der Waals surface area (Å²) in [6, 6.07) is 0.375. The molecule has 1 aliphatic rings. The first-order valence-corrected chi connectivity index (χ1v) is 7.46. The number of hydrogen-bond donors (Lipinski definition) is 1. The monoisotopic (exact) mass is 319 g/mol. The minimum absolute atomic E-state index is 0. The molecule has 0 spiro atoms. The van der Waals surface area contributed by atoms with Crippen LogP contribution in [0.3, 0.4) is 0 Å². The summed E-state index contributed by atoms with van der Waals surface area (Å²) in [6.07, 6.45) is 2.13. The fourth-order valence-corrected chi connectivity index (χ4v) is 3.28. The molecule has 0 bridgehead atoms. The number of likely N-dealkylation sites (N-methyl/N-ethyl adjacent to an activating group) is 1. The van der Waals surface area contributed by atoms with Crippen molar-refractivity contribution in [3.8, 4) is 0 Å². The summed E-state index contributed by atoms with van der Waals surface area (Å²) < 4.78 is 1.59. The quantitative estimate of drug-likeness (QED) is 0.909. The number of halogens is 1. The average Bonchev–Trinajstić information content (AvgIpc) is 2.65. The SMILES string of the molecule is CNC1CCCN(C(=O)Cn2c(C)c(C)sc2=O)C1.Cl. The van der Waals surface area contributed by atoms with Crippen LogP contribution in [-0.4, -0.2) is 41.6 Å². The van der Waals surface area contributed by atoms with Gasteiger partial charge >= 0.3 is 4.87 Å². The first-order valence-electron chi connectivity index (χ1n) is 6.64. The molecule has 0 saturated carbocycles. The Hall–Kier alpha value is -0.850. The third-order valence-corrected chi connectivity index (χ3v) is 4.85. The Morgan fingerprint density at radius 1 is 1.45 bits per heavy atom. The number of nitrogens with one attached hydrogen (secondary N) is 1. The molecule has 0 aromatic carbocycles. The summed E-state index contributed by atoms with van der Waals surface area (Å²) in [5, 5.41) is 3.22. The van der Waals surface area contributed by atoms with Crippen molar-refractivity contribution in [1.82, 2.24) is 14.8 Å². The molecule has 2 rings (SSSR count). The van der Waals surface area contributed by atoms with Crippen molar-refractivity contribution in [2.45, 2.75) is 39.3 Å². The standard InChI is InChI=1S/C13H21N3O2S.ClH/c1-9-10(2)19-13(18)16(9)8-12(17)15-6-4-5-11(7-15)14-3;/h11,14H,4-8H2,1-3H3;1H. The zero-order chi connectivity index (χ0) is 14.0. The minimum Gasteiger partial charge on any atom is -0.340 e. The zero-order valence-corrected chi connectivity index (χ0v) is 13.8.